The van der Waals surface area contributed by atoms with Gasteiger partial charge in [0.25, 0.3) is 0 Å². The Morgan fingerprint density at radius 1 is 1.24 bits per heavy atom. The van der Waals surface area contributed by atoms with E-state index in [1.165, 1.54) is 0 Å². The number of aromatic amines is 1. The van der Waals surface area contributed by atoms with Crippen LogP contribution in [0.25, 0.3) is 17.0 Å². The summed E-state index contributed by atoms with van der Waals surface area (Å²) in [6.45, 7) is 2.83. The summed E-state index contributed by atoms with van der Waals surface area (Å²) in [6.07, 6.45) is 4.39. The van der Waals surface area contributed by atoms with Gasteiger partial charge in [0, 0.05) is 17.6 Å². The van der Waals surface area contributed by atoms with Crippen molar-refractivity contribution in [2.24, 2.45) is 0 Å². The predicted molar refractivity (Wildman–Crippen MR) is 99.1 cm³/mol. The Labute approximate surface area is 146 Å². The topological polar surface area (TPSA) is 67.0 Å². The summed E-state index contributed by atoms with van der Waals surface area (Å²) in [4.78, 5) is 11.6. The summed E-state index contributed by atoms with van der Waals surface area (Å²) in [5, 5.41) is 11.1. The van der Waals surface area contributed by atoms with Crippen molar-refractivity contribution in [1.29, 1.82) is 0 Å². The lowest BCUT2D eigenvalue weighted by atomic mass is 10.1. The molecule has 1 aromatic heterocycles. The van der Waals surface area contributed by atoms with Crippen LogP contribution >= 0.6 is 0 Å². The fraction of sp³-hybridized carbons (Fsp3) is 0.200. The highest BCUT2D eigenvalue weighted by molar-refractivity contribution is 5.83. The number of rotatable bonds is 6. The molecule has 0 radical (unpaired) electrons. The average Bonchev–Trinajstić information content (AvgIpc) is 3.01. The van der Waals surface area contributed by atoms with Gasteiger partial charge in [-0.25, -0.2) is 4.79 Å². The molecule has 0 spiro atoms. The maximum Gasteiger partial charge on any atom is 0.407 e. The second-order valence-corrected chi connectivity index (χ2v) is 5.80. The Morgan fingerprint density at radius 3 is 2.92 bits per heavy atom. The van der Waals surface area contributed by atoms with Crippen molar-refractivity contribution in [2.75, 3.05) is 6.54 Å². The number of aromatic nitrogens is 2. The molecule has 0 aliphatic rings. The number of nitrogens with zero attached hydrogens (tertiary/aromatic N) is 1. The summed E-state index contributed by atoms with van der Waals surface area (Å²) < 4.78 is 5.16. The van der Waals surface area contributed by atoms with Gasteiger partial charge >= 0.3 is 6.09 Å². The monoisotopic (exact) mass is 335 g/mol. The number of aryl methyl sites for hydroxylation is 1. The molecule has 128 valence electrons. The lowest BCUT2D eigenvalue weighted by molar-refractivity contribution is 0.140. The summed E-state index contributed by atoms with van der Waals surface area (Å²) in [5.41, 5.74) is 4.10. The van der Waals surface area contributed by atoms with Crippen molar-refractivity contribution < 1.29 is 9.53 Å². The number of amides is 1. The molecule has 3 rings (SSSR count). The van der Waals surface area contributed by atoms with Crippen molar-refractivity contribution >= 4 is 23.1 Å². The highest BCUT2D eigenvalue weighted by Crippen LogP contribution is 2.17. The van der Waals surface area contributed by atoms with Crippen LogP contribution in [0, 0.1) is 6.92 Å². The number of nitrogens with one attached hydrogen (secondary N) is 2. The van der Waals surface area contributed by atoms with Crippen LogP contribution < -0.4 is 5.32 Å². The van der Waals surface area contributed by atoms with E-state index < -0.39 is 6.09 Å². The van der Waals surface area contributed by atoms with Gasteiger partial charge < -0.3 is 10.1 Å². The molecule has 0 bridgehead atoms. The summed E-state index contributed by atoms with van der Waals surface area (Å²) in [6, 6.07) is 15.8. The first-order valence-electron chi connectivity index (χ1n) is 8.28. The van der Waals surface area contributed by atoms with Crippen molar-refractivity contribution in [3.63, 3.8) is 0 Å². The molecule has 5 nitrogen and oxygen atoms in total. The van der Waals surface area contributed by atoms with Gasteiger partial charge in [-0.3, -0.25) is 5.10 Å². The summed E-state index contributed by atoms with van der Waals surface area (Å²) >= 11 is 0. The first-order valence-corrected chi connectivity index (χ1v) is 8.28. The normalized spacial score (nSPS) is 11.1. The highest BCUT2D eigenvalue weighted by atomic mass is 16.5. The number of fused-ring (bicyclic) bond motifs is 1. The maximum atomic E-state index is 11.6. The number of ether oxygens (including phenoxy) is 1. The number of hydrogen-bond donors (Lipinski definition) is 2. The molecule has 5 heteroatoms. The van der Waals surface area contributed by atoms with Gasteiger partial charge in [-0.2, -0.15) is 5.10 Å². The Bertz CT molecular complexity index is 869. The summed E-state index contributed by atoms with van der Waals surface area (Å²) in [7, 11) is 0. The first-order chi connectivity index (χ1) is 12.2. The lowest BCUT2D eigenvalue weighted by Gasteiger charge is -2.05. The third kappa shape index (κ3) is 4.70. The quantitative estimate of drug-likeness (QED) is 0.663. The number of alkyl carbamates (subject to hydrolysis) is 1. The molecule has 0 atom stereocenters. The van der Waals surface area contributed by atoms with Gasteiger partial charge in [0.05, 0.1) is 5.52 Å². The standard InChI is InChI=1S/C20H21N3O2/c1-15-18-11-10-16(13-19(18)23-22-15)7-5-6-12-21-20(24)25-14-17-8-3-2-4-9-17/h2-5,7-11,13H,6,12,14H2,1H3,(H,21,24)(H,22,23). The van der Waals surface area contributed by atoms with E-state index in [0.29, 0.717) is 6.54 Å². The van der Waals surface area contributed by atoms with Gasteiger partial charge in [-0.1, -0.05) is 54.6 Å². The van der Waals surface area contributed by atoms with Crippen LogP contribution in [0.4, 0.5) is 4.79 Å². The van der Waals surface area contributed by atoms with Gasteiger partial charge in [-0.05, 0) is 30.5 Å². The molecule has 0 saturated heterocycles. The molecule has 0 saturated carbocycles. The zero-order valence-electron chi connectivity index (χ0n) is 14.2. The van der Waals surface area contributed by atoms with Crippen LogP contribution in [-0.4, -0.2) is 22.8 Å². The van der Waals surface area contributed by atoms with Crippen LogP contribution in [0.2, 0.25) is 0 Å². The largest absolute Gasteiger partial charge is 0.445 e. The summed E-state index contributed by atoms with van der Waals surface area (Å²) in [5.74, 6) is 0. The van der Waals surface area contributed by atoms with E-state index in [4.69, 9.17) is 4.74 Å². The fourth-order valence-electron chi connectivity index (χ4n) is 2.52. The van der Waals surface area contributed by atoms with Crippen LogP contribution in [0.3, 0.4) is 0 Å². The average molecular weight is 335 g/mol. The van der Waals surface area contributed by atoms with Crippen LogP contribution in [0.5, 0.6) is 0 Å². The van der Waals surface area contributed by atoms with E-state index in [9.17, 15) is 4.79 Å². The third-order valence-electron chi connectivity index (χ3n) is 3.87. The molecule has 0 unspecified atom stereocenters. The minimum absolute atomic E-state index is 0.283. The fourth-order valence-corrected chi connectivity index (χ4v) is 2.52. The first kappa shape index (κ1) is 16.8. The molecule has 3 aromatic rings. The molecular formula is C20H21N3O2. The van der Waals surface area contributed by atoms with E-state index in [1.54, 1.807) is 0 Å². The lowest BCUT2D eigenvalue weighted by Crippen LogP contribution is -2.24. The minimum Gasteiger partial charge on any atom is -0.445 e. The van der Waals surface area contributed by atoms with Crippen LogP contribution in [0.1, 0.15) is 23.2 Å². The molecule has 25 heavy (non-hydrogen) atoms. The Kier molecular flexibility index (Phi) is 5.46. The van der Waals surface area contributed by atoms with E-state index in [2.05, 4.69) is 27.6 Å². The van der Waals surface area contributed by atoms with Gasteiger partial charge in [0.15, 0.2) is 0 Å². The minimum atomic E-state index is -0.398. The zero-order chi connectivity index (χ0) is 17.5. The maximum absolute atomic E-state index is 11.6. The Balaban J connectivity index is 1.39. The van der Waals surface area contributed by atoms with Crippen LogP contribution in [0.15, 0.2) is 54.6 Å². The molecule has 1 heterocycles. The molecule has 0 aliphatic carbocycles. The number of benzene rings is 2. The van der Waals surface area contributed by atoms with E-state index >= 15 is 0 Å². The van der Waals surface area contributed by atoms with Gasteiger partial charge in [-0.15, -0.1) is 0 Å². The SMILES string of the molecule is Cc1[nH]nc2cc(C=CCCNC(=O)OCc3ccccc3)ccc12. The number of H-pyrrole nitrogens is 1. The molecule has 1 amide bonds. The zero-order valence-corrected chi connectivity index (χ0v) is 14.2. The molecule has 2 aromatic carbocycles. The second kappa shape index (κ2) is 8.15. The smallest absolute Gasteiger partial charge is 0.407 e. The van der Waals surface area contributed by atoms with Crippen molar-refractivity contribution in [3.05, 3.63) is 71.4 Å². The van der Waals surface area contributed by atoms with E-state index in [1.807, 2.05) is 55.5 Å². The van der Waals surface area contributed by atoms with Crippen LogP contribution in [-0.2, 0) is 11.3 Å². The molecule has 2 N–H and O–H groups in total. The second-order valence-electron chi connectivity index (χ2n) is 5.80. The number of carbonyl (C=O) groups is 1. The molecular weight excluding hydrogens is 314 g/mol. The Morgan fingerprint density at radius 2 is 2.08 bits per heavy atom. The highest BCUT2D eigenvalue weighted by Gasteiger charge is 2.02. The van der Waals surface area contributed by atoms with E-state index in [-0.39, 0.29) is 6.61 Å². The molecule has 0 aliphatic heterocycles. The van der Waals surface area contributed by atoms with Gasteiger partial charge in [0.2, 0.25) is 0 Å². The number of carbonyl (C=O) groups excluding carboxylic acids is 1. The third-order valence-corrected chi connectivity index (χ3v) is 3.87. The Hall–Kier alpha value is -3.08. The van der Waals surface area contributed by atoms with Crippen molar-refractivity contribution in [2.45, 2.75) is 20.0 Å². The van der Waals surface area contributed by atoms with Crippen molar-refractivity contribution in [3.8, 4) is 0 Å². The molecule has 0 fully saturated rings. The van der Waals surface area contributed by atoms with Crippen molar-refractivity contribution in [1.82, 2.24) is 15.5 Å². The van der Waals surface area contributed by atoms with E-state index in [0.717, 1.165) is 34.1 Å². The predicted octanol–water partition coefficient (Wildman–Crippen LogP) is 4.20. The van der Waals surface area contributed by atoms with Gasteiger partial charge in [0.1, 0.15) is 6.61 Å². The number of hydrogen-bond acceptors (Lipinski definition) is 3.